The second kappa shape index (κ2) is 72.0. The van der Waals surface area contributed by atoms with Crippen molar-refractivity contribution in [2.45, 2.75) is 504 Å². The monoisotopic (exact) mass is 1710 g/mol. The van der Waals surface area contributed by atoms with Gasteiger partial charge in [0.05, 0.1) is 73.8 Å². The summed E-state index contributed by atoms with van der Waals surface area (Å²) in [7, 11) is 0. The highest BCUT2D eigenvalue weighted by Crippen LogP contribution is 2.47. The molecule has 0 radical (unpaired) electrons. The number of hydrogen-bond acceptors (Lipinski definition) is 8. The van der Waals surface area contributed by atoms with Gasteiger partial charge in [0, 0.05) is 22.5 Å². The Kier molecular flexibility index (Phi) is 61.0. The number of ether oxygens (including phenoxy) is 6. The molecule has 10 nitrogen and oxygen atoms in total. The maximum Gasteiger partial charge on any atom is 0.203 e. The van der Waals surface area contributed by atoms with Crippen LogP contribution in [0.25, 0.3) is 11.1 Å². The Morgan fingerprint density at radius 1 is 0.194 bits per heavy atom. The average molecular weight is 1710 g/mol. The van der Waals surface area contributed by atoms with Crippen LogP contribution in [0.3, 0.4) is 0 Å². The van der Waals surface area contributed by atoms with Gasteiger partial charge in [-0.1, -0.05) is 465 Å². The lowest BCUT2D eigenvalue weighted by Gasteiger charge is -2.20. The average Bonchev–Trinajstić information content (AvgIpc) is 1.58. The summed E-state index contributed by atoms with van der Waals surface area (Å²) in [6, 6.07) is 17.8. The second-order valence-electron chi connectivity index (χ2n) is 37.8. The second-order valence-corrected chi connectivity index (χ2v) is 37.8. The Morgan fingerprint density at radius 2 is 0.363 bits per heavy atom. The summed E-state index contributed by atoms with van der Waals surface area (Å²) in [6.45, 7) is 17.6. The van der Waals surface area contributed by atoms with Crippen LogP contribution in [-0.2, 0) is 0 Å². The van der Waals surface area contributed by atoms with E-state index in [0.717, 1.165) is 179 Å². The molecule has 3 aliphatic heterocycles. The summed E-state index contributed by atoms with van der Waals surface area (Å²) in [6.07, 6.45) is 102. The number of nitrogens with one attached hydrogen (secondary N) is 2. The molecule has 2 aromatic carbocycles. The van der Waals surface area contributed by atoms with Gasteiger partial charge in [0.1, 0.15) is 0 Å². The highest BCUT2D eigenvalue weighted by atomic mass is 16.5. The van der Waals surface area contributed by atoms with Crippen LogP contribution in [0, 0.1) is 0 Å². The van der Waals surface area contributed by atoms with Crippen LogP contribution in [0.5, 0.6) is 34.5 Å². The molecule has 0 atom stereocenters. The molecule has 2 aromatic heterocycles. The number of nitrogens with zero attached hydrogens (tertiary/aromatic N) is 2. The van der Waals surface area contributed by atoms with Gasteiger partial charge in [0.25, 0.3) is 0 Å². The van der Waals surface area contributed by atoms with Crippen LogP contribution in [0.15, 0.2) is 94.2 Å². The van der Waals surface area contributed by atoms with E-state index in [2.05, 4.69) is 124 Å². The lowest BCUT2D eigenvalue weighted by atomic mass is 9.99. The predicted octanol–water partition coefficient (Wildman–Crippen LogP) is 36.8. The minimum absolute atomic E-state index is 0.618. The standard InChI is InChI=1S/C114H188N4O6/c1-7-13-19-25-31-37-43-49-55-61-67-73-87-119-107-93-97(94-108(120-88-74-68-62-56-50-44-38-32-26-20-14-8-2)113(107)123-91-77-71-65-59-53-47-41-35-29-23-17-11-5)111-103-83-79-99(115-103)101-81-85-105(117-101)112(106-86-82-102(118-106)100-80-84-104(111)116-100)98-95-109(121-89-75-69-63-57-51-45-39-33-27-21-15-9-3)114(124-92-78-72-66-60-54-48-42-36-30-24-18-12-6)110(96-98)122-90-76-70-64-58-52-46-40-34-28-22-16-10-4/h79-86,93-96,115,118H,7-78,87-92H2,1-6H3. The van der Waals surface area contributed by atoms with Crippen molar-refractivity contribution in [2.24, 2.45) is 9.98 Å². The van der Waals surface area contributed by atoms with Crippen molar-refractivity contribution in [3.05, 3.63) is 118 Å². The van der Waals surface area contributed by atoms with Gasteiger partial charge in [-0.25, -0.2) is 9.98 Å². The Hall–Kier alpha value is -5.90. The zero-order valence-corrected chi connectivity index (χ0v) is 81.4. The molecule has 7 rings (SSSR count). The summed E-state index contributed by atoms with van der Waals surface area (Å²) >= 11 is 0. The van der Waals surface area contributed by atoms with Gasteiger partial charge in [0.2, 0.25) is 11.5 Å². The molecule has 124 heavy (non-hydrogen) atoms. The smallest absolute Gasteiger partial charge is 0.203 e. The molecule has 0 amide bonds. The molecule has 0 unspecified atom stereocenters. The lowest BCUT2D eigenvalue weighted by molar-refractivity contribution is 0.234. The summed E-state index contributed by atoms with van der Waals surface area (Å²) < 4.78 is 42.5. The topological polar surface area (TPSA) is 112 Å². The van der Waals surface area contributed by atoms with Crippen LogP contribution in [-0.4, -0.2) is 61.0 Å². The molecule has 8 bridgehead atoms. The first-order valence-corrected chi connectivity index (χ1v) is 54.0. The Labute approximate surface area is 762 Å². The number of H-pyrrole nitrogens is 2. The van der Waals surface area contributed by atoms with E-state index in [-0.39, 0.29) is 0 Å². The van der Waals surface area contributed by atoms with E-state index in [9.17, 15) is 0 Å². The number of benzene rings is 2. The van der Waals surface area contributed by atoms with Crippen LogP contribution in [0.1, 0.15) is 538 Å². The fourth-order valence-electron chi connectivity index (χ4n) is 18.5. The van der Waals surface area contributed by atoms with Crippen molar-refractivity contribution in [1.29, 1.82) is 0 Å². The highest BCUT2D eigenvalue weighted by Gasteiger charge is 2.28. The Bertz CT molecular complexity index is 3160. The van der Waals surface area contributed by atoms with Gasteiger partial charge >= 0.3 is 0 Å². The SMILES string of the molecule is CCCCCCCCCCCCCCOc1cc(C2=C3C=CC(=N3)c3ccc([nH]3)C(c3cc(OCCCCCCCCCCCCCC)c(OCCCCCCCCCCCCCC)c(OCCCCCCCCCCCCCC)c3)=C3C=CC(=N3)c3ccc2[nH]3)cc(OCCCCCCCCCCCCCC)c1OCCCCCCCCCCCCCC. The van der Waals surface area contributed by atoms with Crippen LogP contribution >= 0.6 is 0 Å². The number of hydrogen-bond donors (Lipinski definition) is 2. The van der Waals surface area contributed by atoms with Crippen LogP contribution in [0.4, 0.5) is 0 Å². The van der Waals surface area contributed by atoms with Crippen LogP contribution in [0.2, 0.25) is 0 Å². The van der Waals surface area contributed by atoms with E-state index in [4.69, 9.17) is 38.4 Å². The van der Waals surface area contributed by atoms with E-state index < -0.39 is 0 Å². The zero-order chi connectivity index (χ0) is 87.1. The third kappa shape index (κ3) is 45.4. The van der Waals surface area contributed by atoms with E-state index in [1.165, 1.54) is 385 Å². The first-order chi connectivity index (χ1) is 61.5. The van der Waals surface area contributed by atoms with Gasteiger partial charge in [0.15, 0.2) is 23.0 Å². The van der Waals surface area contributed by atoms with E-state index in [0.29, 0.717) is 39.6 Å². The van der Waals surface area contributed by atoms with E-state index >= 15 is 0 Å². The Morgan fingerprint density at radius 3 is 0.556 bits per heavy atom. The van der Waals surface area contributed by atoms with Crippen LogP contribution < -0.4 is 28.4 Å². The van der Waals surface area contributed by atoms with Crippen molar-refractivity contribution in [1.82, 2.24) is 9.97 Å². The number of aliphatic imine (C=N–C) groups is 2. The van der Waals surface area contributed by atoms with Gasteiger partial charge in [-0.3, -0.25) is 0 Å². The third-order valence-corrected chi connectivity index (χ3v) is 26.4. The molecular formula is C114H188N4O6. The predicted molar refractivity (Wildman–Crippen MR) is 537 cm³/mol. The van der Waals surface area contributed by atoms with Crippen molar-refractivity contribution in [3.8, 4) is 34.5 Å². The van der Waals surface area contributed by atoms with Gasteiger partial charge in [-0.15, -0.1) is 0 Å². The molecule has 0 saturated carbocycles. The first kappa shape index (κ1) is 105. The Balaban J connectivity index is 1.19. The molecule has 0 spiro atoms. The van der Waals surface area contributed by atoms with Crippen molar-refractivity contribution >= 4 is 22.6 Å². The maximum absolute atomic E-state index is 7.11. The summed E-state index contributed by atoms with van der Waals surface area (Å²) in [5.74, 6) is 4.49. The first-order valence-electron chi connectivity index (χ1n) is 54.0. The van der Waals surface area contributed by atoms with Crippen molar-refractivity contribution in [2.75, 3.05) is 39.6 Å². The van der Waals surface area contributed by atoms with Gasteiger partial charge in [-0.2, -0.15) is 0 Å². The largest absolute Gasteiger partial charge is 0.490 e. The number of unbranched alkanes of at least 4 members (excludes halogenated alkanes) is 66. The molecular weight excluding hydrogens is 1520 g/mol. The van der Waals surface area contributed by atoms with Crippen molar-refractivity contribution < 1.29 is 28.4 Å². The van der Waals surface area contributed by atoms with E-state index in [1.54, 1.807) is 0 Å². The fraction of sp³-hybridized carbons (Fsp3) is 0.737. The molecule has 0 saturated heterocycles. The highest BCUT2D eigenvalue weighted by molar-refractivity contribution is 6.13. The summed E-state index contributed by atoms with van der Waals surface area (Å²) in [5.41, 5.74) is 11.1. The molecule has 2 N–H and O–H groups in total. The summed E-state index contributed by atoms with van der Waals surface area (Å²) in [4.78, 5) is 19.2. The molecule has 3 aliphatic rings. The molecule has 5 heterocycles. The number of rotatable bonds is 86. The molecule has 700 valence electrons. The van der Waals surface area contributed by atoms with E-state index in [1.807, 2.05) is 0 Å². The maximum atomic E-state index is 7.11. The lowest BCUT2D eigenvalue weighted by Crippen LogP contribution is -2.08. The number of fused-ring (bicyclic) bond motifs is 8. The third-order valence-electron chi connectivity index (χ3n) is 26.4. The minimum atomic E-state index is 0.618. The number of allylic oxidation sites excluding steroid dienone is 4. The minimum Gasteiger partial charge on any atom is -0.490 e. The number of aromatic amines is 2. The quantitative estimate of drug-likeness (QED) is 0.0426. The molecule has 10 heteroatoms. The molecule has 0 aliphatic carbocycles. The normalized spacial score (nSPS) is 13.0. The van der Waals surface area contributed by atoms with Crippen molar-refractivity contribution in [3.63, 3.8) is 0 Å². The fourth-order valence-corrected chi connectivity index (χ4v) is 18.5. The van der Waals surface area contributed by atoms with Gasteiger partial charge in [-0.05, 0) is 122 Å². The zero-order valence-electron chi connectivity index (χ0n) is 81.4. The number of aromatic nitrogens is 2. The molecule has 0 fully saturated rings. The summed E-state index contributed by atoms with van der Waals surface area (Å²) in [5, 5.41) is 0. The van der Waals surface area contributed by atoms with Gasteiger partial charge < -0.3 is 38.4 Å². The molecule has 4 aromatic rings.